The van der Waals surface area contributed by atoms with Gasteiger partial charge in [0.05, 0.1) is 11.6 Å². The van der Waals surface area contributed by atoms with Crippen molar-refractivity contribution in [1.82, 2.24) is 5.32 Å². The molecule has 102 valence electrons. The van der Waals surface area contributed by atoms with Gasteiger partial charge in [0.1, 0.15) is 0 Å². The summed E-state index contributed by atoms with van der Waals surface area (Å²) in [5.74, 6) is 0. The Morgan fingerprint density at radius 3 is 2.45 bits per heavy atom. The van der Waals surface area contributed by atoms with E-state index in [-0.39, 0.29) is 0 Å². The highest BCUT2D eigenvalue weighted by Crippen LogP contribution is 2.17. The van der Waals surface area contributed by atoms with Crippen LogP contribution in [0, 0.1) is 11.3 Å². The van der Waals surface area contributed by atoms with Crippen LogP contribution in [0.25, 0.3) is 0 Å². The lowest BCUT2D eigenvalue weighted by atomic mass is 10.1. The van der Waals surface area contributed by atoms with Crippen LogP contribution in [0.2, 0.25) is 5.02 Å². The Hall–Kier alpha value is -1.82. The molecule has 0 aliphatic rings. The fourth-order valence-corrected chi connectivity index (χ4v) is 2.35. The van der Waals surface area contributed by atoms with Crippen molar-refractivity contribution in [2.24, 2.45) is 0 Å². The van der Waals surface area contributed by atoms with Crippen molar-refractivity contribution >= 4 is 11.6 Å². The molecule has 2 rings (SSSR count). The zero-order chi connectivity index (χ0) is 14.4. The first-order valence-corrected chi connectivity index (χ1v) is 7.03. The molecule has 1 N–H and O–H groups in total. The number of nitriles is 1. The molecule has 0 bridgehead atoms. The summed E-state index contributed by atoms with van der Waals surface area (Å²) in [6.07, 6.45) is 0.869. The van der Waals surface area contributed by atoms with Crippen molar-refractivity contribution in [3.63, 3.8) is 0 Å². The van der Waals surface area contributed by atoms with Crippen LogP contribution < -0.4 is 5.32 Å². The third kappa shape index (κ3) is 3.84. The summed E-state index contributed by atoms with van der Waals surface area (Å²) in [4.78, 5) is 0. The number of hydrogen-bond donors (Lipinski definition) is 1. The molecule has 2 nitrogen and oxygen atoms in total. The quantitative estimate of drug-likeness (QED) is 0.903. The molecule has 0 radical (unpaired) electrons. The lowest BCUT2D eigenvalue weighted by Crippen LogP contribution is -2.28. The van der Waals surface area contributed by atoms with Gasteiger partial charge in [0.2, 0.25) is 0 Å². The van der Waals surface area contributed by atoms with E-state index in [4.69, 9.17) is 16.9 Å². The number of rotatable bonds is 5. The summed E-state index contributed by atoms with van der Waals surface area (Å²) in [5, 5.41) is 13.3. The van der Waals surface area contributed by atoms with Crippen LogP contribution in [-0.2, 0) is 13.0 Å². The zero-order valence-corrected chi connectivity index (χ0v) is 12.2. The molecule has 0 aliphatic carbocycles. The summed E-state index contributed by atoms with van der Waals surface area (Å²) >= 11 is 6.16. The second-order valence-electron chi connectivity index (χ2n) is 4.85. The van der Waals surface area contributed by atoms with Gasteiger partial charge in [-0.3, -0.25) is 0 Å². The second-order valence-corrected chi connectivity index (χ2v) is 5.25. The second kappa shape index (κ2) is 7.09. The minimum absolute atomic E-state index is 0.293. The van der Waals surface area contributed by atoms with Crippen LogP contribution in [0.1, 0.15) is 23.6 Å². The van der Waals surface area contributed by atoms with Crippen molar-refractivity contribution < 1.29 is 0 Å². The summed E-state index contributed by atoms with van der Waals surface area (Å²) < 4.78 is 0. The Morgan fingerprint density at radius 1 is 1.10 bits per heavy atom. The average Bonchev–Trinajstić information content (AvgIpc) is 2.48. The van der Waals surface area contributed by atoms with Gasteiger partial charge in [-0.15, -0.1) is 0 Å². The van der Waals surface area contributed by atoms with Crippen molar-refractivity contribution in [2.75, 3.05) is 0 Å². The third-order valence-corrected chi connectivity index (χ3v) is 3.63. The van der Waals surface area contributed by atoms with Gasteiger partial charge in [-0.25, -0.2) is 0 Å². The predicted octanol–water partition coefficient (Wildman–Crippen LogP) is 3.93. The molecule has 2 aromatic rings. The fourth-order valence-electron chi connectivity index (χ4n) is 2.13. The smallest absolute Gasteiger partial charge is 0.0995 e. The van der Waals surface area contributed by atoms with Crippen molar-refractivity contribution in [3.8, 4) is 6.07 Å². The number of nitrogens with one attached hydrogen (secondary N) is 1. The maximum absolute atomic E-state index is 9.06. The summed E-state index contributed by atoms with van der Waals surface area (Å²) in [7, 11) is 0. The monoisotopic (exact) mass is 284 g/mol. The van der Waals surface area contributed by atoms with E-state index in [1.165, 1.54) is 0 Å². The van der Waals surface area contributed by atoms with Gasteiger partial charge in [-0.2, -0.15) is 5.26 Å². The predicted molar refractivity (Wildman–Crippen MR) is 82.6 cm³/mol. The molecular formula is C17H17ClN2. The molecular weight excluding hydrogens is 268 g/mol. The van der Waals surface area contributed by atoms with Crippen LogP contribution in [0.3, 0.4) is 0 Å². The normalized spacial score (nSPS) is 11.8. The van der Waals surface area contributed by atoms with Gasteiger partial charge in [0, 0.05) is 17.6 Å². The number of halogens is 1. The van der Waals surface area contributed by atoms with Crippen molar-refractivity contribution in [2.45, 2.75) is 25.9 Å². The molecule has 2 aromatic carbocycles. The molecule has 0 amide bonds. The topological polar surface area (TPSA) is 35.8 Å². The molecule has 0 aliphatic heterocycles. The van der Waals surface area contributed by atoms with Gasteiger partial charge in [0.15, 0.2) is 0 Å². The summed E-state index contributed by atoms with van der Waals surface area (Å²) in [6, 6.07) is 18.1. The molecule has 0 saturated carbocycles. The lowest BCUT2D eigenvalue weighted by Gasteiger charge is -2.15. The maximum atomic E-state index is 9.06. The molecule has 20 heavy (non-hydrogen) atoms. The first kappa shape index (κ1) is 14.6. The van der Waals surface area contributed by atoms with Crippen LogP contribution in [0.5, 0.6) is 0 Å². The first-order chi connectivity index (χ1) is 9.70. The van der Waals surface area contributed by atoms with E-state index in [0.717, 1.165) is 28.1 Å². The highest BCUT2D eigenvalue weighted by molar-refractivity contribution is 6.31. The SMILES string of the molecule is CC(Cc1ccccc1Cl)NCc1ccccc1C#N. The molecule has 0 aromatic heterocycles. The van der Waals surface area contributed by atoms with Crippen LogP contribution >= 0.6 is 11.6 Å². The first-order valence-electron chi connectivity index (χ1n) is 6.65. The standard InChI is InChI=1S/C17H17ClN2/c1-13(10-14-6-4-5-9-17(14)18)20-12-16-8-3-2-7-15(16)11-19/h2-9,13,20H,10,12H2,1H3. The van der Waals surface area contributed by atoms with E-state index in [0.29, 0.717) is 12.6 Å². The average molecular weight is 285 g/mol. The highest BCUT2D eigenvalue weighted by Gasteiger charge is 2.07. The number of benzene rings is 2. The fraction of sp³-hybridized carbons (Fsp3) is 0.235. The van der Waals surface area contributed by atoms with Gasteiger partial charge >= 0.3 is 0 Å². The third-order valence-electron chi connectivity index (χ3n) is 3.26. The van der Waals surface area contributed by atoms with Gasteiger partial charge in [-0.1, -0.05) is 48.0 Å². The Bertz CT molecular complexity index is 616. The Kier molecular flexibility index (Phi) is 5.17. The van der Waals surface area contributed by atoms with Gasteiger partial charge in [-0.05, 0) is 36.6 Å². The van der Waals surface area contributed by atoms with Gasteiger partial charge in [0.25, 0.3) is 0 Å². The van der Waals surface area contributed by atoms with E-state index < -0.39 is 0 Å². The van der Waals surface area contributed by atoms with E-state index in [1.54, 1.807) is 0 Å². The number of nitrogens with zero attached hydrogens (tertiary/aromatic N) is 1. The largest absolute Gasteiger partial charge is 0.310 e. The Labute approximate surface area is 125 Å². The minimum atomic E-state index is 0.293. The summed E-state index contributed by atoms with van der Waals surface area (Å²) in [6.45, 7) is 2.81. The minimum Gasteiger partial charge on any atom is -0.310 e. The zero-order valence-electron chi connectivity index (χ0n) is 11.4. The van der Waals surface area contributed by atoms with Crippen molar-refractivity contribution in [3.05, 3.63) is 70.2 Å². The molecule has 0 spiro atoms. The van der Waals surface area contributed by atoms with Gasteiger partial charge < -0.3 is 5.32 Å². The van der Waals surface area contributed by atoms with E-state index in [1.807, 2.05) is 48.5 Å². The van der Waals surface area contributed by atoms with E-state index in [9.17, 15) is 0 Å². The molecule has 1 unspecified atom stereocenters. The van der Waals surface area contributed by atoms with E-state index in [2.05, 4.69) is 18.3 Å². The molecule has 0 heterocycles. The number of hydrogen-bond acceptors (Lipinski definition) is 2. The molecule has 0 fully saturated rings. The highest BCUT2D eigenvalue weighted by atomic mass is 35.5. The summed E-state index contributed by atoms with van der Waals surface area (Å²) in [5.41, 5.74) is 2.90. The lowest BCUT2D eigenvalue weighted by molar-refractivity contribution is 0.545. The van der Waals surface area contributed by atoms with Crippen LogP contribution in [-0.4, -0.2) is 6.04 Å². The van der Waals surface area contributed by atoms with Crippen molar-refractivity contribution in [1.29, 1.82) is 5.26 Å². The van der Waals surface area contributed by atoms with Crippen LogP contribution in [0.15, 0.2) is 48.5 Å². The van der Waals surface area contributed by atoms with E-state index >= 15 is 0 Å². The maximum Gasteiger partial charge on any atom is 0.0995 e. The molecule has 3 heteroatoms. The molecule has 0 saturated heterocycles. The Balaban J connectivity index is 1.94. The molecule has 1 atom stereocenters. The van der Waals surface area contributed by atoms with Crippen LogP contribution in [0.4, 0.5) is 0 Å². The Morgan fingerprint density at radius 2 is 1.75 bits per heavy atom.